The van der Waals surface area contributed by atoms with Crippen molar-refractivity contribution in [2.24, 2.45) is 0 Å². The van der Waals surface area contributed by atoms with Crippen LogP contribution >= 0.6 is 12.6 Å². The number of H-pyrrole nitrogens is 1. The molecule has 22 heavy (non-hydrogen) atoms. The number of nitrogens with one attached hydrogen (secondary N) is 1. The quantitative estimate of drug-likeness (QED) is 0.490. The highest BCUT2D eigenvalue weighted by molar-refractivity contribution is 7.80. The number of nitrogens with zero attached hydrogens (tertiary/aromatic N) is 2. The molecule has 110 valence electrons. The molecule has 4 rings (SSSR count). The smallest absolute Gasteiger partial charge is 0.307 e. The summed E-state index contributed by atoms with van der Waals surface area (Å²) in [4.78, 5) is 30.2. The van der Waals surface area contributed by atoms with E-state index in [1.807, 2.05) is 18.2 Å². The zero-order valence-corrected chi connectivity index (χ0v) is 12.2. The molecule has 1 aliphatic carbocycles. The van der Waals surface area contributed by atoms with Crippen molar-refractivity contribution in [2.75, 3.05) is 0 Å². The molecule has 0 aliphatic heterocycles. The minimum Gasteiger partial charge on any atom is -0.481 e. The van der Waals surface area contributed by atoms with Crippen molar-refractivity contribution in [3.8, 4) is 11.3 Å². The highest BCUT2D eigenvalue weighted by atomic mass is 32.1. The third-order valence-electron chi connectivity index (χ3n) is 3.94. The molecule has 2 N–H and O–H groups in total. The molecule has 1 aromatic carbocycles. The first-order chi connectivity index (χ1) is 10.5. The Morgan fingerprint density at radius 3 is 3.05 bits per heavy atom. The molecule has 0 spiro atoms. The number of imidazole rings is 1. The molecule has 0 amide bonds. The van der Waals surface area contributed by atoms with Gasteiger partial charge in [0.2, 0.25) is 5.65 Å². The number of benzene rings is 1. The van der Waals surface area contributed by atoms with E-state index in [0.29, 0.717) is 17.1 Å². The van der Waals surface area contributed by atoms with Crippen molar-refractivity contribution < 1.29 is 9.90 Å². The summed E-state index contributed by atoms with van der Waals surface area (Å²) in [6.45, 7) is 0. The summed E-state index contributed by atoms with van der Waals surface area (Å²) in [6, 6.07) is 5.52. The Hall–Kier alpha value is -2.54. The maximum atomic E-state index is 12.2. The standard InChI is InChI=1S/C15H11N3O3S/c19-12(20)4-7-2-1-3-8-9(7)5-10-13(8)17-15(21)14-16-11(22)6-18(10)14/h1-3,6,22H,4-5H2,(H,17,21)(H,19,20). The van der Waals surface area contributed by atoms with E-state index in [1.54, 1.807) is 10.6 Å². The monoisotopic (exact) mass is 313 g/mol. The highest BCUT2D eigenvalue weighted by Crippen LogP contribution is 2.36. The molecule has 3 aromatic rings. The summed E-state index contributed by atoms with van der Waals surface area (Å²) in [7, 11) is 0. The molecule has 0 saturated heterocycles. The summed E-state index contributed by atoms with van der Waals surface area (Å²) in [5.41, 5.74) is 4.23. The zero-order valence-electron chi connectivity index (χ0n) is 11.3. The van der Waals surface area contributed by atoms with Gasteiger partial charge in [-0.05, 0) is 11.1 Å². The molecule has 2 aromatic heterocycles. The lowest BCUT2D eigenvalue weighted by molar-refractivity contribution is -0.136. The molecular formula is C15H11N3O3S. The van der Waals surface area contributed by atoms with Crippen molar-refractivity contribution in [2.45, 2.75) is 17.9 Å². The molecule has 0 atom stereocenters. The van der Waals surface area contributed by atoms with E-state index in [4.69, 9.17) is 5.11 Å². The second-order valence-electron chi connectivity index (χ2n) is 5.26. The molecule has 0 fully saturated rings. The van der Waals surface area contributed by atoms with Gasteiger partial charge >= 0.3 is 5.97 Å². The van der Waals surface area contributed by atoms with Crippen LogP contribution in [0, 0.1) is 0 Å². The van der Waals surface area contributed by atoms with E-state index in [9.17, 15) is 9.59 Å². The fourth-order valence-corrected chi connectivity index (χ4v) is 3.28. The number of carbonyl (C=O) groups is 1. The Labute approximate surface area is 129 Å². The second-order valence-corrected chi connectivity index (χ2v) is 5.72. The van der Waals surface area contributed by atoms with Gasteiger partial charge in [0.25, 0.3) is 5.56 Å². The number of hydrogen-bond acceptors (Lipinski definition) is 4. The molecule has 0 unspecified atom stereocenters. The first kappa shape index (κ1) is 13.1. The number of fused-ring (bicyclic) bond motifs is 5. The van der Waals surface area contributed by atoms with Gasteiger partial charge in [-0.2, -0.15) is 0 Å². The number of thiol groups is 1. The molecule has 1 aliphatic rings. The summed E-state index contributed by atoms with van der Waals surface area (Å²) < 4.78 is 1.74. The third kappa shape index (κ3) is 1.79. The maximum Gasteiger partial charge on any atom is 0.307 e. The predicted molar refractivity (Wildman–Crippen MR) is 82.6 cm³/mol. The summed E-state index contributed by atoms with van der Waals surface area (Å²) >= 11 is 4.20. The van der Waals surface area contributed by atoms with Gasteiger partial charge in [0.15, 0.2) is 0 Å². The van der Waals surface area contributed by atoms with Crippen molar-refractivity contribution in [3.05, 3.63) is 51.6 Å². The number of aliphatic carboxylic acids is 1. The van der Waals surface area contributed by atoms with Gasteiger partial charge < -0.3 is 10.1 Å². The SMILES string of the molecule is O=C(O)Cc1cccc2c1Cc1c-2[nH]c(=O)c2nc(S)cn12. The van der Waals surface area contributed by atoms with Crippen LogP contribution in [0.2, 0.25) is 0 Å². The van der Waals surface area contributed by atoms with Crippen LogP contribution in [0.3, 0.4) is 0 Å². The normalized spacial score (nSPS) is 12.4. The van der Waals surface area contributed by atoms with Gasteiger partial charge in [0.1, 0.15) is 5.03 Å². The Kier molecular flexibility index (Phi) is 2.67. The lowest BCUT2D eigenvalue weighted by Gasteiger charge is -2.05. The molecule has 0 bridgehead atoms. The van der Waals surface area contributed by atoms with Crippen LogP contribution in [0.25, 0.3) is 16.9 Å². The van der Waals surface area contributed by atoms with Crippen LogP contribution in [0.1, 0.15) is 16.8 Å². The van der Waals surface area contributed by atoms with E-state index < -0.39 is 5.97 Å². The van der Waals surface area contributed by atoms with Crippen LogP contribution in [0.5, 0.6) is 0 Å². The van der Waals surface area contributed by atoms with E-state index in [0.717, 1.165) is 28.1 Å². The van der Waals surface area contributed by atoms with Crippen LogP contribution in [-0.2, 0) is 17.6 Å². The third-order valence-corrected chi connectivity index (χ3v) is 4.16. The van der Waals surface area contributed by atoms with Crippen LogP contribution in [0.4, 0.5) is 0 Å². The van der Waals surface area contributed by atoms with Gasteiger partial charge in [0, 0.05) is 18.2 Å². The van der Waals surface area contributed by atoms with Crippen molar-refractivity contribution in [1.29, 1.82) is 0 Å². The van der Waals surface area contributed by atoms with E-state index in [1.165, 1.54) is 0 Å². The number of hydrogen-bond donors (Lipinski definition) is 3. The van der Waals surface area contributed by atoms with E-state index >= 15 is 0 Å². The predicted octanol–water partition coefficient (Wildman–Crippen LogP) is 1.51. The van der Waals surface area contributed by atoms with Crippen molar-refractivity contribution in [3.63, 3.8) is 0 Å². The molecule has 0 saturated carbocycles. The maximum absolute atomic E-state index is 12.2. The zero-order chi connectivity index (χ0) is 15.4. The van der Waals surface area contributed by atoms with Gasteiger partial charge in [-0.15, -0.1) is 12.6 Å². The Balaban J connectivity index is 2.00. The van der Waals surface area contributed by atoms with E-state index in [2.05, 4.69) is 22.6 Å². The van der Waals surface area contributed by atoms with Gasteiger partial charge in [-0.25, -0.2) is 4.98 Å². The van der Waals surface area contributed by atoms with Gasteiger partial charge in [0.05, 0.1) is 17.8 Å². The Morgan fingerprint density at radius 1 is 1.45 bits per heavy atom. The van der Waals surface area contributed by atoms with Crippen molar-refractivity contribution >= 4 is 24.2 Å². The molecule has 0 radical (unpaired) electrons. The molecule has 2 heterocycles. The number of aromatic amines is 1. The minimum absolute atomic E-state index is 0.0354. The van der Waals surface area contributed by atoms with E-state index in [-0.39, 0.29) is 12.0 Å². The number of aromatic nitrogens is 3. The number of carboxylic acids is 1. The summed E-state index contributed by atoms with van der Waals surface area (Å²) in [5.74, 6) is -0.872. The largest absolute Gasteiger partial charge is 0.481 e. The Morgan fingerprint density at radius 2 is 2.27 bits per heavy atom. The summed E-state index contributed by atoms with van der Waals surface area (Å²) in [5, 5.41) is 9.52. The fourth-order valence-electron chi connectivity index (χ4n) is 3.07. The molecule has 7 heteroatoms. The fraction of sp³-hybridized carbons (Fsp3) is 0.133. The average Bonchev–Trinajstić information content (AvgIpc) is 3.00. The van der Waals surface area contributed by atoms with Crippen LogP contribution in [0.15, 0.2) is 34.2 Å². The molecular weight excluding hydrogens is 302 g/mol. The first-order valence-electron chi connectivity index (χ1n) is 6.70. The van der Waals surface area contributed by atoms with Crippen molar-refractivity contribution in [1.82, 2.24) is 14.4 Å². The minimum atomic E-state index is -0.872. The van der Waals surface area contributed by atoms with Gasteiger partial charge in [-0.1, -0.05) is 18.2 Å². The van der Waals surface area contributed by atoms with Crippen LogP contribution < -0.4 is 5.56 Å². The first-order valence-corrected chi connectivity index (χ1v) is 7.15. The van der Waals surface area contributed by atoms with Crippen LogP contribution in [-0.4, -0.2) is 25.4 Å². The topological polar surface area (TPSA) is 87.5 Å². The number of rotatable bonds is 2. The lowest BCUT2D eigenvalue weighted by atomic mass is 10.0. The lowest BCUT2D eigenvalue weighted by Crippen LogP contribution is -2.13. The number of carboxylic acid groups (broad SMARTS) is 1. The summed E-state index contributed by atoms with van der Waals surface area (Å²) in [6.07, 6.45) is 2.23. The molecule has 6 nitrogen and oxygen atoms in total. The average molecular weight is 313 g/mol. The van der Waals surface area contributed by atoms with Gasteiger partial charge in [-0.3, -0.25) is 14.0 Å². The second kappa shape index (κ2) is 4.48. The Bertz CT molecular complexity index is 1000. The highest BCUT2D eigenvalue weighted by Gasteiger charge is 2.26.